The summed E-state index contributed by atoms with van der Waals surface area (Å²) in [5, 5.41) is 6.28. The zero-order valence-corrected chi connectivity index (χ0v) is 22.8. The third-order valence-electron chi connectivity index (χ3n) is 5.66. The van der Waals surface area contributed by atoms with E-state index in [-0.39, 0.29) is 11.1 Å². The van der Waals surface area contributed by atoms with Gasteiger partial charge in [-0.1, -0.05) is 60.7 Å². The molecule has 10 heteroatoms. The Hall–Kier alpha value is -4.05. The van der Waals surface area contributed by atoms with Crippen molar-refractivity contribution in [2.24, 2.45) is 0 Å². The molecule has 0 saturated carbocycles. The summed E-state index contributed by atoms with van der Waals surface area (Å²) in [5.41, 5.74) is 2.62. The maximum atomic E-state index is 12.1. The van der Waals surface area contributed by atoms with Crippen LogP contribution in [0.2, 0.25) is 5.28 Å². The Morgan fingerprint density at radius 2 is 1.43 bits per heavy atom. The van der Waals surface area contributed by atoms with Gasteiger partial charge < -0.3 is 24.8 Å². The van der Waals surface area contributed by atoms with Gasteiger partial charge in [0.15, 0.2) is 5.78 Å². The molecule has 0 radical (unpaired) electrons. The minimum absolute atomic E-state index is 0.0721. The van der Waals surface area contributed by atoms with Crippen LogP contribution in [0.15, 0.2) is 84.9 Å². The molecule has 0 atom stereocenters. The molecule has 4 aromatic rings. The number of Topliss-reactive ketones (excluding diaryl/α,β-unsaturated/α-hetero) is 1. The molecule has 1 heterocycles. The minimum atomic E-state index is 0.0721. The van der Waals surface area contributed by atoms with Crippen LogP contribution in [0.1, 0.15) is 28.8 Å². The third-order valence-corrected chi connectivity index (χ3v) is 5.83. The lowest BCUT2D eigenvalue weighted by Crippen LogP contribution is -2.15. The van der Waals surface area contributed by atoms with E-state index in [0.29, 0.717) is 64.3 Å². The number of halogens is 1. The number of anilines is 3. The average Bonchev–Trinajstić information content (AvgIpc) is 2.98. The van der Waals surface area contributed by atoms with Crippen molar-refractivity contribution in [2.45, 2.75) is 19.4 Å². The molecule has 0 aliphatic heterocycles. The third kappa shape index (κ3) is 10.3. The van der Waals surface area contributed by atoms with Crippen LogP contribution in [0.3, 0.4) is 0 Å². The first kappa shape index (κ1) is 28.9. The van der Waals surface area contributed by atoms with Crippen molar-refractivity contribution in [1.29, 1.82) is 0 Å². The first-order valence-electron chi connectivity index (χ1n) is 13.1. The van der Waals surface area contributed by atoms with Crippen molar-refractivity contribution in [3.8, 4) is 5.75 Å². The van der Waals surface area contributed by atoms with Gasteiger partial charge in [0.2, 0.25) is 17.2 Å². The lowest BCUT2D eigenvalue weighted by molar-refractivity contribution is 0.0497. The Kier molecular flexibility index (Phi) is 11.7. The zero-order valence-electron chi connectivity index (χ0n) is 22.1. The van der Waals surface area contributed by atoms with Gasteiger partial charge in [-0.05, 0) is 47.9 Å². The molecular formula is C30H32ClN5O4. The molecule has 0 saturated heterocycles. The maximum Gasteiger partial charge on any atom is 0.233 e. The standard InChI is InChI=1S/C30H32ClN5O4/c31-28-34-29(32-17-19-39-21-20-38-18-7-12-27(37)24-10-5-2-6-11-24)36-30(35-28)33-25-13-15-26(16-14-25)40-22-23-8-3-1-4-9-23/h1-6,8-11,13-16H,7,12,17-22H2,(H2,32,33,34,35,36). The van der Waals surface area contributed by atoms with Gasteiger partial charge in [0, 0.05) is 30.8 Å². The SMILES string of the molecule is O=C(CCCOCCOCCNc1nc(Cl)nc(Nc2ccc(OCc3ccccc3)cc2)n1)c1ccccc1. The van der Waals surface area contributed by atoms with Crippen LogP contribution in [0.4, 0.5) is 17.6 Å². The van der Waals surface area contributed by atoms with Crippen LogP contribution in [0.5, 0.6) is 5.75 Å². The van der Waals surface area contributed by atoms with Gasteiger partial charge >= 0.3 is 0 Å². The lowest BCUT2D eigenvalue weighted by Gasteiger charge is -2.10. The summed E-state index contributed by atoms with van der Waals surface area (Å²) in [6.07, 6.45) is 1.15. The first-order chi connectivity index (χ1) is 19.7. The maximum absolute atomic E-state index is 12.1. The summed E-state index contributed by atoms with van der Waals surface area (Å²) in [7, 11) is 0. The van der Waals surface area contributed by atoms with Gasteiger partial charge in [-0.3, -0.25) is 4.79 Å². The van der Waals surface area contributed by atoms with E-state index in [1.165, 1.54) is 0 Å². The molecule has 1 aromatic heterocycles. The van der Waals surface area contributed by atoms with Crippen molar-refractivity contribution in [3.63, 3.8) is 0 Å². The number of aromatic nitrogens is 3. The number of ether oxygens (including phenoxy) is 3. The number of hydrogen-bond acceptors (Lipinski definition) is 9. The lowest BCUT2D eigenvalue weighted by atomic mass is 10.1. The van der Waals surface area contributed by atoms with E-state index in [2.05, 4.69) is 25.6 Å². The molecule has 9 nitrogen and oxygen atoms in total. The van der Waals surface area contributed by atoms with E-state index >= 15 is 0 Å². The van der Waals surface area contributed by atoms with E-state index in [4.69, 9.17) is 25.8 Å². The molecule has 0 bridgehead atoms. The second kappa shape index (κ2) is 16.1. The van der Waals surface area contributed by atoms with E-state index in [9.17, 15) is 4.79 Å². The summed E-state index contributed by atoms with van der Waals surface area (Å²) < 4.78 is 17.0. The summed E-state index contributed by atoms with van der Waals surface area (Å²) in [4.78, 5) is 24.7. The summed E-state index contributed by atoms with van der Waals surface area (Å²) in [6.45, 7) is 2.85. The molecule has 0 aliphatic rings. The fourth-order valence-electron chi connectivity index (χ4n) is 3.65. The molecule has 4 rings (SSSR count). The van der Waals surface area contributed by atoms with Gasteiger partial charge in [0.1, 0.15) is 12.4 Å². The Labute approximate surface area is 238 Å². The van der Waals surface area contributed by atoms with Crippen LogP contribution in [-0.2, 0) is 16.1 Å². The quantitative estimate of drug-likeness (QED) is 0.119. The smallest absolute Gasteiger partial charge is 0.233 e. The van der Waals surface area contributed by atoms with Gasteiger partial charge in [0.05, 0.1) is 19.8 Å². The van der Waals surface area contributed by atoms with E-state index in [0.717, 1.165) is 22.6 Å². The number of ketones is 1. The van der Waals surface area contributed by atoms with Crippen molar-refractivity contribution >= 4 is 35.0 Å². The van der Waals surface area contributed by atoms with E-state index in [1.807, 2.05) is 84.9 Å². The van der Waals surface area contributed by atoms with Gasteiger partial charge in [-0.15, -0.1) is 0 Å². The molecule has 0 amide bonds. The average molecular weight is 562 g/mol. The Morgan fingerprint density at radius 1 is 0.750 bits per heavy atom. The highest BCUT2D eigenvalue weighted by Crippen LogP contribution is 2.20. The summed E-state index contributed by atoms with van der Waals surface area (Å²) >= 11 is 6.09. The minimum Gasteiger partial charge on any atom is -0.489 e. The highest BCUT2D eigenvalue weighted by molar-refractivity contribution is 6.28. The first-order valence-corrected chi connectivity index (χ1v) is 13.5. The highest BCUT2D eigenvalue weighted by Gasteiger charge is 2.07. The number of nitrogens with one attached hydrogen (secondary N) is 2. The number of carbonyl (C=O) groups excluding carboxylic acids is 1. The van der Waals surface area contributed by atoms with Crippen molar-refractivity contribution in [3.05, 3.63) is 101 Å². The Morgan fingerprint density at radius 3 is 2.17 bits per heavy atom. The Balaban J connectivity index is 1.09. The van der Waals surface area contributed by atoms with Crippen LogP contribution in [-0.4, -0.2) is 53.7 Å². The van der Waals surface area contributed by atoms with Crippen molar-refractivity contribution in [1.82, 2.24) is 15.0 Å². The highest BCUT2D eigenvalue weighted by atomic mass is 35.5. The van der Waals surface area contributed by atoms with Crippen molar-refractivity contribution < 1.29 is 19.0 Å². The molecule has 0 aliphatic carbocycles. The molecule has 0 spiro atoms. The zero-order chi connectivity index (χ0) is 27.8. The summed E-state index contributed by atoms with van der Waals surface area (Å²) in [5.74, 6) is 1.55. The molecule has 2 N–H and O–H groups in total. The van der Waals surface area contributed by atoms with Gasteiger partial charge in [0.25, 0.3) is 0 Å². The number of hydrogen-bond donors (Lipinski definition) is 2. The number of benzene rings is 3. The second-order valence-electron chi connectivity index (χ2n) is 8.72. The fourth-order valence-corrected chi connectivity index (χ4v) is 3.81. The summed E-state index contributed by atoms with van der Waals surface area (Å²) in [6, 6.07) is 26.8. The predicted molar refractivity (Wildman–Crippen MR) is 155 cm³/mol. The van der Waals surface area contributed by atoms with Crippen molar-refractivity contribution in [2.75, 3.05) is 43.6 Å². The van der Waals surface area contributed by atoms with E-state index < -0.39 is 0 Å². The number of nitrogens with zero attached hydrogens (tertiary/aromatic N) is 3. The van der Waals surface area contributed by atoms with Crippen LogP contribution >= 0.6 is 11.6 Å². The monoisotopic (exact) mass is 561 g/mol. The number of rotatable bonds is 17. The second-order valence-corrected chi connectivity index (χ2v) is 9.06. The topological polar surface area (TPSA) is 107 Å². The molecule has 3 aromatic carbocycles. The normalized spacial score (nSPS) is 10.7. The molecule has 40 heavy (non-hydrogen) atoms. The largest absolute Gasteiger partial charge is 0.489 e. The van der Waals surface area contributed by atoms with Gasteiger partial charge in [-0.25, -0.2) is 0 Å². The molecule has 0 fully saturated rings. The Bertz CT molecular complexity index is 1310. The van der Waals surface area contributed by atoms with Crippen LogP contribution < -0.4 is 15.4 Å². The molecule has 208 valence electrons. The predicted octanol–water partition coefficient (Wildman–Crippen LogP) is 5.96. The van der Waals surface area contributed by atoms with Crippen LogP contribution in [0.25, 0.3) is 0 Å². The van der Waals surface area contributed by atoms with Crippen LogP contribution in [0, 0.1) is 0 Å². The van der Waals surface area contributed by atoms with Gasteiger partial charge in [-0.2, -0.15) is 15.0 Å². The van der Waals surface area contributed by atoms with E-state index in [1.54, 1.807) is 0 Å². The molecule has 0 unspecified atom stereocenters. The number of carbonyl (C=O) groups is 1. The fraction of sp³-hybridized carbons (Fsp3) is 0.267. The molecular weight excluding hydrogens is 530 g/mol.